The Hall–Kier alpha value is -3.74. The van der Waals surface area contributed by atoms with Crippen molar-refractivity contribution in [3.8, 4) is 28.3 Å². The quantitative estimate of drug-likeness (QED) is 0.235. The van der Waals surface area contributed by atoms with Gasteiger partial charge in [-0.3, -0.25) is 0 Å². The van der Waals surface area contributed by atoms with E-state index in [4.69, 9.17) is 27.1 Å². The first kappa shape index (κ1) is 23.6. The number of hydrogen-bond acceptors (Lipinski definition) is 4. The van der Waals surface area contributed by atoms with Crippen LogP contribution in [0.2, 0.25) is 5.02 Å². The highest BCUT2D eigenvalue weighted by atomic mass is 35.5. The van der Waals surface area contributed by atoms with E-state index in [2.05, 4.69) is 40.1 Å². The van der Waals surface area contributed by atoms with Crippen LogP contribution in [0.15, 0.2) is 85.3 Å². The normalized spacial score (nSPS) is 14.1. The molecule has 0 radical (unpaired) electrons. The van der Waals surface area contributed by atoms with Gasteiger partial charge < -0.3 is 15.0 Å². The molecule has 1 fully saturated rings. The molecule has 1 unspecified atom stereocenters. The van der Waals surface area contributed by atoms with Crippen LogP contribution in [0, 0.1) is 11.7 Å². The highest BCUT2D eigenvalue weighted by molar-refractivity contribution is 6.32. The number of fused-ring (bicyclic) bond motifs is 1. The van der Waals surface area contributed by atoms with Crippen molar-refractivity contribution < 1.29 is 9.13 Å². The highest BCUT2D eigenvalue weighted by Crippen LogP contribution is 2.36. The van der Waals surface area contributed by atoms with Gasteiger partial charge in [-0.2, -0.15) is 0 Å². The van der Waals surface area contributed by atoms with E-state index >= 15 is 0 Å². The van der Waals surface area contributed by atoms with Crippen LogP contribution in [0.3, 0.4) is 0 Å². The van der Waals surface area contributed by atoms with E-state index in [9.17, 15) is 4.39 Å². The number of rotatable bonds is 8. The minimum Gasteiger partial charge on any atom is -0.487 e. The van der Waals surface area contributed by atoms with Gasteiger partial charge in [0.1, 0.15) is 18.2 Å². The maximum Gasteiger partial charge on any atom is 0.159 e. The summed E-state index contributed by atoms with van der Waals surface area (Å²) < 4.78 is 21.3. The van der Waals surface area contributed by atoms with Crippen LogP contribution in [0.25, 0.3) is 33.4 Å². The van der Waals surface area contributed by atoms with E-state index in [0.717, 1.165) is 45.5 Å². The topological polar surface area (TPSA) is 66.0 Å². The molecular weight excluding hydrogens is 487 g/mol. The van der Waals surface area contributed by atoms with Crippen molar-refractivity contribution >= 4 is 22.5 Å². The summed E-state index contributed by atoms with van der Waals surface area (Å²) in [5.74, 6) is 1.58. The van der Waals surface area contributed by atoms with E-state index < -0.39 is 0 Å². The molecule has 3 aromatic carbocycles. The SMILES string of the molecule is NC(CC1CC1)n1ccc(-c2ccc3nc(-c4ccc(OCc5cccc(F)c5)c(Cl)c4)ncc3c2)c1. The minimum absolute atomic E-state index is 0.0255. The Morgan fingerprint density at radius 3 is 2.70 bits per heavy atom. The zero-order valence-corrected chi connectivity index (χ0v) is 20.9. The Balaban J connectivity index is 1.18. The zero-order chi connectivity index (χ0) is 25.4. The fourth-order valence-electron chi connectivity index (χ4n) is 4.50. The second kappa shape index (κ2) is 9.96. The number of benzene rings is 3. The average molecular weight is 513 g/mol. The smallest absolute Gasteiger partial charge is 0.159 e. The highest BCUT2D eigenvalue weighted by Gasteiger charge is 2.24. The Morgan fingerprint density at radius 1 is 1.03 bits per heavy atom. The van der Waals surface area contributed by atoms with E-state index in [0.29, 0.717) is 16.6 Å². The van der Waals surface area contributed by atoms with Gasteiger partial charge in [0.2, 0.25) is 0 Å². The fourth-order valence-corrected chi connectivity index (χ4v) is 4.74. The molecule has 2 heterocycles. The molecule has 1 aliphatic rings. The second-order valence-electron chi connectivity index (χ2n) is 9.62. The molecule has 0 aliphatic heterocycles. The first-order valence-corrected chi connectivity index (χ1v) is 12.8. The van der Waals surface area contributed by atoms with Crippen molar-refractivity contribution in [1.29, 1.82) is 0 Å². The molecule has 186 valence electrons. The van der Waals surface area contributed by atoms with Crippen LogP contribution in [-0.2, 0) is 6.61 Å². The molecule has 1 aliphatic carbocycles. The van der Waals surface area contributed by atoms with Crippen molar-refractivity contribution in [2.24, 2.45) is 11.7 Å². The van der Waals surface area contributed by atoms with Crippen LogP contribution in [-0.4, -0.2) is 14.5 Å². The molecule has 0 bridgehead atoms. The average Bonchev–Trinajstić information content (AvgIpc) is 3.58. The maximum atomic E-state index is 13.4. The second-order valence-corrected chi connectivity index (χ2v) is 10.0. The Bertz CT molecular complexity index is 1580. The molecule has 1 saturated carbocycles. The number of nitrogens with two attached hydrogens (primary N) is 1. The van der Waals surface area contributed by atoms with Gasteiger partial charge in [-0.05, 0) is 77.6 Å². The number of ether oxygens (including phenoxy) is 1. The Labute approximate surface area is 219 Å². The lowest BCUT2D eigenvalue weighted by atomic mass is 10.1. The number of hydrogen-bond donors (Lipinski definition) is 1. The molecule has 0 spiro atoms. The van der Waals surface area contributed by atoms with Crippen LogP contribution >= 0.6 is 11.6 Å². The third-order valence-electron chi connectivity index (χ3n) is 6.76. The lowest BCUT2D eigenvalue weighted by Crippen LogP contribution is -2.17. The summed E-state index contributed by atoms with van der Waals surface area (Å²) in [5.41, 5.74) is 11.0. The Morgan fingerprint density at radius 2 is 1.89 bits per heavy atom. The van der Waals surface area contributed by atoms with E-state index in [1.165, 1.54) is 25.0 Å². The molecule has 2 N–H and O–H groups in total. The first-order chi connectivity index (χ1) is 18.0. The summed E-state index contributed by atoms with van der Waals surface area (Å²) in [6.45, 7) is 0.224. The summed E-state index contributed by atoms with van der Waals surface area (Å²) in [6, 6.07) is 20.0. The monoisotopic (exact) mass is 512 g/mol. The van der Waals surface area contributed by atoms with Gasteiger partial charge in [-0.25, -0.2) is 14.4 Å². The molecule has 5 aromatic rings. The summed E-state index contributed by atoms with van der Waals surface area (Å²) in [6.07, 6.45) is 9.67. The summed E-state index contributed by atoms with van der Waals surface area (Å²) in [4.78, 5) is 9.33. The summed E-state index contributed by atoms with van der Waals surface area (Å²) in [5, 5.41) is 1.40. The number of nitrogens with zero attached hydrogens (tertiary/aromatic N) is 3. The van der Waals surface area contributed by atoms with Crippen molar-refractivity contribution in [3.63, 3.8) is 0 Å². The van der Waals surface area contributed by atoms with Gasteiger partial charge >= 0.3 is 0 Å². The van der Waals surface area contributed by atoms with Crippen LogP contribution in [0.5, 0.6) is 5.75 Å². The molecule has 7 heteroatoms. The molecule has 0 amide bonds. The van der Waals surface area contributed by atoms with Gasteiger partial charge in [0, 0.05) is 29.5 Å². The predicted octanol–water partition coefficient (Wildman–Crippen LogP) is 7.39. The Kier molecular flexibility index (Phi) is 6.37. The van der Waals surface area contributed by atoms with Gasteiger partial charge in [-0.15, -0.1) is 0 Å². The third kappa shape index (κ3) is 5.36. The standard InChI is InChI=1S/C30H26ClFN4O/c31-26-15-22(7-9-28(26)37-18-20-2-1-3-25(32)12-20)30-34-16-24-14-21(6-8-27(24)35-30)23-10-11-36(17-23)29(33)13-19-4-5-19/h1-3,6-12,14-17,19,29H,4-5,13,18,33H2. The van der Waals surface area contributed by atoms with Gasteiger partial charge in [0.15, 0.2) is 5.82 Å². The lowest BCUT2D eigenvalue weighted by molar-refractivity contribution is 0.306. The van der Waals surface area contributed by atoms with Crippen molar-refractivity contribution in [3.05, 3.63) is 102 Å². The molecule has 37 heavy (non-hydrogen) atoms. The number of halogens is 2. The van der Waals surface area contributed by atoms with E-state index in [-0.39, 0.29) is 18.6 Å². The molecule has 2 aromatic heterocycles. The largest absolute Gasteiger partial charge is 0.487 e. The zero-order valence-electron chi connectivity index (χ0n) is 20.1. The van der Waals surface area contributed by atoms with Crippen LogP contribution in [0.4, 0.5) is 4.39 Å². The van der Waals surface area contributed by atoms with Gasteiger partial charge in [0.25, 0.3) is 0 Å². The third-order valence-corrected chi connectivity index (χ3v) is 7.05. The van der Waals surface area contributed by atoms with Gasteiger partial charge in [-0.1, -0.05) is 42.6 Å². The van der Waals surface area contributed by atoms with E-state index in [1.54, 1.807) is 24.3 Å². The molecule has 0 saturated heterocycles. The van der Waals surface area contributed by atoms with Gasteiger partial charge in [0.05, 0.1) is 16.7 Å². The number of aromatic nitrogens is 3. The van der Waals surface area contributed by atoms with Crippen LogP contribution in [0.1, 0.15) is 31.0 Å². The maximum absolute atomic E-state index is 13.4. The summed E-state index contributed by atoms with van der Waals surface area (Å²) in [7, 11) is 0. The lowest BCUT2D eigenvalue weighted by Gasteiger charge is -2.12. The van der Waals surface area contributed by atoms with Crippen LogP contribution < -0.4 is 10.5 Å². The first-order valence-electron chi connectivity index (χ1n) is 12.4. The molecule has 6 rings (SSSR count). The van der Waals surface area contributed by atoms with Crippen molar-refractivity contribution in [1.82, 2.24) is 14.5 Å². The molecule has 1 atom stereocenters. The van der Waals surface area contributed by atoms with Crippen molar-refractivity contribution in [2.75, 3.05) is 0 Å². The van der Waals surface area contributed by atoms with E-state index in [1.807, 2.05) is 18.3 Å². The molecular formula is C30H26ClFN4O. The summed E-state index contributed by atoms with van der Waals surface area (Å²) >= 11 is 6.47. The predicted molar refractivity (Wildman–Crippen MR) is 145 cm³/mol. The minimum atomic E-state index is -0.297. The van der Waals surface area contributed by atoms with Crippen molar-refractivity contribution in [2.45, 2.75) is 32.0 Å². The molecule has 5 nitrogen and oxygen atoms in total. The fraction of sp³-hybridized carbons (Fsp3) is 0.200.